The third-order valence-electron chi connectivity index (χ3n) is 5.98. The van der Waals surface area contributed by atoms with Gasteiger partial charge in [-0.3, -0.25) is 19.5 Å². The predicted octanol–water partition coefficient (Wildman–Crippen LogP) is 5.00. The zero-order valence-corrected chi connectivity index (χ0v) is 19.9. The van der Waals surface area contributed by atoms with Crippen LogP contribution >= 0.6 is 11.6 Å². The first-order valence-corrected chi connectivity index (χ1v) is 10.9. The number of Topliss-reactive ketones (excluding diaryl/α,β-unsaturated/α-hetero) is 1. The van der Waals surface area contributed by atoms with Gasteiger partial charge in [0.1, 0.15) is 23.3 Å². The zero-order chi connectivity index (χ0) is 24.6. The molecule has 8 heteroatoms. The van der Waals surface area contributed by atoms with Gasteiger partial charge in [0.15, 0.2) is 0 Å². The molecule has 4 rings (SSSR count). The lowest BCUT2D eigenvalue weighted by Crippen LogP contribution is -2.30. The van der Waals surface area contributed by atoms with E-state index >= 15 is 0 Å². The predicted molar refractivity (Wildman–Crippen MR) is 129 cm³/mol. The number of methoxy groups -OCH3 is 2. The molecule has 0 radical (unpaired) electrons. The molecular weight excluding hydrogens is 456 g/mol. The first kappa shape index (κ1) is 23.3. The number of ether oxygens (including phenoxy) is 2. The Labute approximate surface area is 202 Å². The molecule has 2 heterocycles. The SMILES string of the molecule is COc1cc(/C(O)=C2\C(=O)C(=O)N(c3cccc(C)c3C)C2c2ccccn2)c(OC)cc1Cl. The topological polar surface area (TPSA) is 89.0 Å². The van der Waals surface area contributed by atoms with Crippen LogP contribution in [0.4, 0.5) is 5.69 Å². The minimum absolute atomic E-state index is 0.104. The molecule has 0 aliphatic carbocycles. The Morgan fingerprint density at radius 1 is 1.03 bits per heavy atom. The maximum absolute atomic E-state index is 13.4. The summed E-state index contributed by atoms with van der Waals surface area (Å²) in [7, 11) is 2.85. The lowest BCUT2D eigenvalue weighted by molar-refractivity contribution is -0.132. The van der Waals surface area contributed by atoms with Crippen molar-refractivity contribution < 1.29 is 24.2 Å². The lowest BCUT2D eigenvalue weighted by atomic mass is 9.97. The number of amides is 1. The summed E-state index contributed by atoms with van der Waals surface area (Å²) < 4.78 is 10.7. The Bertz CT molecular complexity index is 1320. The van der Waals surface area contributed by atoms with Crippen LogP contribution in [-0.4, -0.2) is 36.0 Å². The van der Waals surface area contributed by atoms with Crippen LogP contribution in [-0.2, 0) is 9.59 Å². The number of aliphatic hydroxyl groups excluding tert-OH is 1. The largest absolute Gasteiger partial charge is 0.507 e. The van der Waals surface area contributed by atoms with Crippen LogP contribution in [0.3, 0.4) is 0 Å². The molecule has 1 amide bonds. The van der Waals surface area contributed by atoms with E-state index in [4.69, 9.17) is 21.1 Å². The summed E-state index contributed by atoms with van der Waals surface area (Å²) in [5.74, 6) is -1.49. The van der Waals surface area contributed by atoms with E-state index in [0.29, 0.717) is 11.4 Å². The van der Waals surface area contributed by atoms with Crippen molar-refractivity contribution in [2.45, 2.75) is 19.9 Å². The Kier molecular flexibility index (Phi) is 6.30. The van der Waals surface area contributed by atoms with Gasteiger partial charge < -0.3 is 14.6 Å². The van der Waals surface area contributed by atoms with Gasteiger partial charge in [-0.2, -0.15) is 0 Å². The molecule has 2 aromatic carbocycles. The van der Waals surface area contributed by atoms with E-state index in [1.165, 1.54) is 31.3 Å². The molecule has 1 aromatic heterocycles. The third-order valence-corrected chi connectivity index (χ3v) is 6.27. The fourth-order valence-electron chi connectivity index (χ4n) is 4.09. The highest BCUT2D eigenvalue weighted by Crippen LogP contribution is 2.45. The average Bonchev–Trinajstić information content (AvgIpc) is 3.11. The molecule has 1 atom stereocenters. The summed E-state index contributed by atoms with van der Waals surface area (Å²) in [6.07, 6.45) is 1.57. The molecule has 7 nitrogen and oxygen atoms in total. The lowest BCUT2D eigenvalue weighted by Gasteiger charge is -2.26. The van der Waals surface area contributed by atoms with Gasteiger partial charge in [-0.25, -0.2) is 0 Å². The normalized spacial score (nSPS) is 17.2. The minimum atomic E-state index is -0.951. The zero-order valence-electron chi connectivity index (χ0n) is 19.1. The number of nitrogens with zero attached hydrogens (tertiary/aromatic N) is 2. The van der Waals surface area contributed by atoms with Crippen LogP contribution in [0, 0.1) is 13.8 Å². The molecule has 1 saturated heterocycles. The summed E-state index contributed by atoms with van der Waals surface area (Å²) in [4.78, 5) is 32.5. The van der Waals surface area contributed by atoms with Gasteiger partial charge in [0, 0.05) is 18.0 Å². The quantitative estimate of drug-likeness (QED) is 0.315. The highest BCUT2D eigenvalue weighted by atomic mass is 35.5. The van der Waals surface area contributed by atoms with Crippen molar-refractivity contribution in [2.24, 2.45) is 0 Å². The fraction of sp³-hybridized carbons (Fsp3) is 0.192. The highest BCUT2D eigenvalue weighted by Gasteiger charge is 2.48. The van der Waals surface area contributed by atoms with Crippen molar-refractivity contribution in [1.29, 1.82) is 0 Å². The molecule has 174 valence electrons. The summed E-state index contributed by atoms with van der Waals surface area (Å²) in [6.45, 7) is 3.81. The molecule has 1 fully saturated rings. The van der Waals surface area contributed by atoms with E-state index in [0.717, 1.165) is 11.1 Å². The second-order valence-electron chi connectivity index (χ2n) is 7.83. The van der Waals surface area contributed by atoms with Gasteiger partial charge in [0.25, 0.3) is 11.7 Å². The molecule has 1 unspecified atom stereocenters. The number of aryl methyl sites for hydroxylation is 1. The monoisotopic (exact) mass is 478 g/mol. The summed E-state index contributed by atoms with van der Waals surface area (Å²) in [5.41, 5.74) is 2.87. The van der Waals surface area contributed by atoms with Gasteiger partial charge in [-0.05, 0) is 49.2 Å². The first-order valence-electron chi connectivity index (χ1n) is 10.5. The number of hydrogen-bond donors (Lipinski definition) is 1. The number of anilines is 1. The first-order chi connectivity index (χ1) is 16.3. The van der Waals surface area contributed by atoms with Crippen LogP contribution in [0.1, 0.15) is 28.4 Å². The van der Waals surface area contributed by atoms with E-state index in [1.807, 2.05) is 26.0 Å². The number of halogens is 1. The Morgan fingerprint density at radius 2 is 1.76 bits per heavy atom. The van der Waals surface area contributed by atoms with Gasteiger partial charge in [-0.15, -0.1) is 0 Å². The number of rotatable bonds is 5. The van der Waals surface area contributed by atoms with Crippen LogP contribution in [0.5, 0.6) is 11.5 Å². The molecule has 0 spiro atoms. The van der Waals surface area contributed by atoms with Crippen molar-refractivity contribution in [2.75, 3.05) is 19.1 Å². The standard InChI is InChI=1S/C26H23ClN2O5/c1-14-8-7-10-19(15(14)2)29-23(18-9-5-6-11-28-18)22(25(31)26(29)32)24(30)16-12-21(34-4)17(27)13-20(16)33-3/h5-13,23,30H,1-4H3/b24-22+. The van der Waals surface area contributed by atoms with Crippen LogP contribution in [0.15, 0.2) is 60.3 Å². The molecule has 1 N–H and O–H groups in total. The van der Waals surface area contributed by atoms with Crippen molar-refractivity contribution >= 4 is 34.7 Å². The maximum atomic E-state index is 13.4. The molecule has 34 heavy (non-hydrogen) atoms. The molecular formula is C26H23ClN2O5. The third kappa shape index (κ3) is 3.78. The summed E-state index contributed by atoms with van der Waals surface area (Å²) in [5, 5.41) is 11.7. The van der Waals surface area contributed by atoms with Gasteiger partial charge in [0.05, 0.1) is 36.1 Å². The molecule has 0 bridgehead atoms. The van der Waals surface area contributed by atoms with E-state index in [1.54, 1.807) is 30.5 Å². The molecule has 1 aliphatic heterocycles. The highest BCUT2D eigenvalue weighted by molar-refractivity contribution is 6.51. The second kappa shape index (κ2) is 9.19. The number of aromatic nitrogens is 1. The van der Waals surface area contributed by atoms with Crippen molar-refractivity contribution in [3.63, 3.8) is 0 Å². The Hall–Kier alpha value is -3.84. The molecule has 3 aromatic rings. The van der Waals surface area contributed by atoms with Crippen molar-refractivity contribution in [1.82, 2.24) is 4.98 Å². The number of ketones is 1. The second-order valence-corrected chi connectivity index (χ2v) is 8.24. The van der Waals surface area contributed by atoms with E-state index < -0.39 is 23.5 Å². The average molecular weight is 479 g/mol. The van der Waals surface area contributed by atoms with E-state index in [-0.39, 0.29) is 27.7 Å². The number of carbonyl (C=O) groups excluding carboxylic acids is 2. The van der Waals surface area contributed by atoms with Gasteiger partial charge in [-0.1, -0.05) is 29.8 Å². The number of carbonyl (C=O) groups is 2. The smallest absolute Gasteiger partial charge is 0.300 e. The maximum Gasteiger partial charge on any atom is 0.300 e. The number of pyridine rings is 1. The van der Waals surface area contributed by atoms with Gasteiger partial charge in [0.2, 0.25) is 0 Å². The van der Waals surface area contributed by atoms with Crippen LogP contribution < -0.4 is 14.4 Å². The number of aliphatic hydroxyl groups is 1. The number of benzene rings is 2. The van der Waals surface area contributed by atoms with E-state index in [9.17, 15) is 14.7 Å². The Balaban J connectivity index is 2.02. The minimum Gasteiger partial charge on any atom is -0.507 e. The number of hydrogen-bond acceptors (Lipinski definition) is 6. The van der Waals surface area contributed by atoms with Crippen molar-refractivity contribution in [3.05, 3.63) is 87.7 Å². The van der Waals surface area contributed by atoms with Crippen LogP contribution in [0.25, 0.3) is 5.76 Å². The van der Waals surface area contributed by atoms with Crippen LogP contribution in [0.2, 0.25) is 5.02 Å². The summed E-state index contributed by atoms with van der Waals surface area (Å²) in [6, 6.07) is 12.7. The summed E-state index contributed by atoms with van der Waals surface area (Å²) >= 11 is 6.21. The Morgan fingerprint density at radius 3 is 2.41 bits per heavy atom. The van der Waals surface area contributed by atoms with Gasteiger partial charge >= 0.3 is 0 Å². The molecule has 1 aliphatic rings. The van der Waals surface area contributed by atoms with Crippen molar-refractivity contribution in [3.8, 4) is 11.5 Å². The van der Waals surface area contributed by atoms with E-state index in [2.05, 4.69) is 4.98 Å². The fourth-order valence-corrected chi connectivity index (χ4v) is 4.32. The molecule has 0 saturated carbocycles.